The summed E-state index contributed by atoms with van der Waals surface area (Å²) in [5, 5.41) is 2.70. The van der Waals surface area contributed by atoms with E-state index in [-0.39, 0.29) is 6.04 Å². The molecule has 1 unspecified atom stereocenters. The molecule has 1 rings (SSSR count). The van der Waals surface area contributed by atoms with Gasteiger partial charge in [0.15, 0.2) is 0 Å². The minimum atomic E-state index is -0.537. The Labute approximate surface area is 114 Å². The standard InChI is InChI=1S/C14H22N2O3/c1-9(15)11-8-10(18-5)6-7-12(11)16-13(17)19-14(2,3)4/h6-9H,15H2,1-5H3,(H,16,17). The van der Waals surface area contributed by atoms with Crippen LogP contribution >= 0.6 is 0 Å². The molecule has 5 nitrogen and oxygen atoms in total. The van der Waals surface area contributed by atoms with Gasteiger partial charge in [-0.05, 0) is 51.5 Å². The Kier molecular flexibility index (Phi) is 4.78. The molecule has 0 spiro atoms. The van der Waals surface area contributed by atoms with Crippen LogP contribution in [0.4, 0.5) is 10.5 Å². The third-order valence-electron chi connectivity index (χ3n) is 2.38. The fourth-order valence-corrected chi connectivity index (χ4v) is 1.57. The minimum absolute atomic E-state index is 0.222. The molecule has 1 aromatic carbocycles. The van der Waals surface area contributed by atoms with Crippen molar-refractivity contribution in [2.75, 3.05) is 12.4 Å². The number of methoxy groups -OCH3 is 1. The fourth-order valence-electron chi connectivity index (χ4n) is 1.57. The summed E-state index contributed by atoms with van der Waals surface area (Å²) < 4.78 is 10.4. The third kappa shape index (κ3) is 4.79. The van der Waals surface area contributed by atoms with E-state index in [0.29, 0.717) is 11.4 Å². The average Bonchev–Trinajstić information content (AvgIpc) is 2.26. The molecule has 0 bridgehead atoms. The molecule has 1 atom stereocenters. The molecule has 0 heterocycles. The molecule has 1 amide bonds. The summed E-state index contributed by atoms with van der Waals surface area (Å²) in [6.07, 6.45) is -0.500. The topological polar surface area (TPSA) is 73.6 Å². The largest absolute Gasteiger partial charge is 0.497 e. The Bertz CT molecular complexity index is 450. The highest BCUT2D eigenvalue weighted by Gasteiger charge is 2.18. The maximum Gasteiger partial charge on any atom is 0.412 e. The SMILES string of the molecule is COc1ccc(NC(=O)OC(C)(C)C)c(C(C)N)c1. The van der Waals surface area contributed by atoms with Crippen LogP contribution in [0.15, 0.2) is 18.2 Å². The lowest BCUT2D eigenvalue weighted by molar-refractivity contribution is 0.0636. The molecular weight excluding hydrogens is 244 g/mol. The summed E-state index contributed by atoms with van der Waals surface area (Å²) in [5.41, 5.74) is 6.78. The monoisotopic (exact) mass is 266 g/mol. The first-order chi connectivity index (χ1) is 8.73. The van der Waals surface area contributed by atoms with Gasteiger partial charge in [0.05, 0.1) is 7.11 Å². The van der Waals surface area contributed by atoms with Gasteiger partial charge >= 0.3 is 6.09 Å². The van der Waals surface area contributed by atoms with Gasteiger partial charge in [-0.1, -0.05) is 0 Å². The van der Waals surface area contributed by atoms with Crippen molar-refractivity contribution in [3.63, 3.8) is 0 Å². The number of carbonyl (C=O) groups excluding carboxylic acids is 1. The highest BCUT2D eigenvalue weighted by Crippen LogP contribution is 2.26. The van der Waals surface area contributed by atoms with Gasteiger partial charge in [0.25, 0.3) is 0 Å². The number of carbonyl (C=O) groups is 1. The Morgan fingerprint density at radius 1 is 1.37 bits per heavy atom. The zero-order valence-electron chi connectivity index (χ0n) is 12.1. The van der Waals surface area contributed by atoms with E-state index >= 15 is 0 Å². The molecule has 106 valence electrons. The minimum Gasteiger partial charge on any atom is -0.497 e. The number of nitrogens with one attached hydrogen (secondary N) is 1. The van der Waals surface area contributed by atoms with Crippen LogP contribution < -0.4 is 15.8 Å². The van der Waals surface area contributed by atoms with Crippen molar-refractivity contribution in [1.82, 2.24) is 0 Å². The van der Waals surface area contributed by atoms with Gasteiger partial charge in [-0.2, -0.15) is 0 Å². The van der Waals surface area contributed by atoms with Crippen LogP contribution in [0.5, 0.6) is 5.75 Å². The molecule has 0 fully saturated rings. The molecule has 0 saturated carbocycles. The van der Waals surface area contributed by atoms with Crippen LogP contribution in [0.2, 0.25) is 0 Å². The van der Waals surface area contributed by atoms with E-state index in [4.69, 9.17) is 15.2 Å². The highest BCUT2D eigenvalue weighted by molar-refractivity contribution is 5.86. The summed E-state index contributed by atoms with van der Waals surface area (Å²) in [4.78, 5) is 11.8. The quantitative estimate of drug-likeness (QED) is 0.881. The number of hydrogen-bond donors (Lipinski definition) is 2. The van der Waals surface area contributed by atoms with E-state index in [1.165, 1.54) is 0 Å². The Morgan fingerprint density at radius 3 is 2.47 bits per heavy atom. The number of amides is 1. The van der Waals surface area contributed by atoms with Crippen molar-refractivity contribution in [2.45, 2.75) is 39.3 Å². The second-order valence-corrected chi connectivity index (χ2v) is 5.37. The smallest absolute Gasteiger partial charge is 0.412 e. The van der Waals surface area contributed by atoms with Gasteiger partial charge in [0, 0.05) is 11.7 Å². The average molecular weight is 266 g/mol. The van der Waals surface area contributed by atoms with Gasteiger partial charge in [-0.15, -0.1) is 0 Å². The zero-order chi connectivity index (χ0) is 14.6. The predicted molar refractivity (Wildman–Crippen MR) is 75.5 cm³/mol. The molecule has 0 saturated heterocycles. The number of nitrogens with two attached hydrogens (primary N) is 1. The summed E-state index contributed by atoms with van der Waals surface area (Å²) in [5.74, 6) is 0.696. The number of ether oxygens (including phenoxy) is 2. The van der Waals surface area contributed by atoms with Crippen molar-refractivity contribution >= 4 is 11.8 Å². The van der Waals surface area contributed by atoms with Gasteiger partial charge in [-0.25, -0.2) is 4.79 Å². The zero-order valence-corrected chi connectivity index (χ0v) is 12.1. The first-order valence-electron chi connectivity index (χ1n) is 6.16. The summed E-state index contributed by atoms with van der Waals surface area (Å²) in [6.45, 7) is 7.28. The fraction of sp³-hybridized carbons (Fsp3) is 0.500. The van der Waals surface area contributed by atoms with Crippen molar-refractivity contribution in [3.8, 4) is 5.75 Å². The molecule has 3 N–H and O–H groups in total. The van der Waals surface area contributed by atoms with Crippen LogP contribution in [-0.4, -0.2) is 18.8 Å². The first-order valence-corrected chi connectivity index (χ1v) is 6.16. The van der Waals surface area contributed by atoms with Crippen molar-refractivity contribution in [2.24, 2.45) is 5.73 Å². The van der Waals surface area contributed by atoms with Crippen molar-refractivity contribution in [1.29, 1.82) is 0 Å². The van der Waals surface area contributed by atoms with E-state index < -0.39 is 11.7 Å². The second-order valence-electron chi connectivity index (χ2n) is 5.37. The predicted octanol–water partition coefficient (Wildman–Crippen LogP) is 3.06. The van der Waals surface area contributed by atoms with Crippen LogP contribution in [0, 0.1) is 0 Å². The van der Waals surface area contributed by atoms with Gasteiger partial charge in [-0.3, -0.25) is 5.32 Å². The molecule has 0 aliphatic heterocycles. The van der Waals surface area contributed by atoms with Gasteiger partial charge in [0.2, 0.25) is 0 Å². The van der Waals surface area contributed by atoms with Gasteiger partial charge in [0.1, 0.15) is 11.4 Å². The maximum atomic E-state index is 11.8. The number of hydrogen-bond acceptors (Lipinski definition) is 4. The number of anilines is 1. The molecule has 0 aliphatic carbocycles. The molecule has 0 radical (unpaired) electrons. The van der Waals surface area contributed by atoms with E-state index in [1.807, 2.05) is 27.7 Å². The van der Waals surface area contributed by atoms with Crippen LogP contribution in [0.1, 0.15) is 39.3 Å². The first kappa shape index (κ1) is 15.3. The summed E-state index contributed by atoms with van der Waals surface area (Å²) in [7, 11) is 1.58. The van der Waals surface area contributed by atoms with Crippen LogP contribution in [0.25, 0.3) is 0 Å². The second kappa shape index (κ2) is 5.93. The van der Waals surface area contributed by atoms with Crippen molar-refractivity contribution in [3.05, 3.63) is 23.8 Å². The Morgan fingerprint density at radius 2 is 2.00 bits per heavy atom. The third-order valence-corrected chi connectivity index (χ3v) is 2.38. The van der Waals surface area contributed by atoms with E-state index in [1.54, 1.807) is 25.3 Å². The number of rotatable bonds is 3. The van der Waals surface area contributed by atoms with Crippen LogP contribution in [-0.2, 0) is 4.74 Å². The molecule has 1 aromatic rings. The lowest BCUT2D eigenvalue weighted by Crippen LogP contribution is -2.27. The van der Waals surface area contributed by atoms with Crippen LogP contribution in [0.3, 0.4) is 0 Å². The number of benzene rings is 1. The lowest BCUT2D eigenvalue weighted by Gasteiger charge is -2.21. The normalized spacial score (nSPS) is 12.7. The Balaban J connectivity index is 2.91. The molecule has 0 aliphatic rings. The lowest BCUT2D eigenvalue weighted by atomic mass is 10.1. The Hall–Kier alpha value is -1.75. The molecule has 19 heavy (non-hydrogen) atoms. The van der Waals surface area contributed by atoms with E-state index in [2.05, 4.69) is 5.32 Å². The van der Waals surface area contributed by atoms with E-state index in [0.717, 1.165) is 5.56 Å². The molecule has 0 aromatic heterocycles. The molecular formula is C14H22N2O3. The van der Waals surface area contributed by atoms with Crippen molar-refractivity contribution < 1.29 is 14.3 Å². The summed E-state index contributed by atoms with van der Waals surface area (Å²) in [6, 6.07) is 5.09. The molecule has 5 heteroatoms. The maximum absolute atomic E-state index is 11.8. The van der Waals surface area contributed by atoms with E-state index in [9.17, 15) is 4.79 Å². The highest BCUT2D eigenvalue weighted by atomic mass is 16.6. The van der Waals surface area contributed by atoms with Gasteiger partial charge < -0.3 is 15.2 Å². The summed E-state index contributed by atoms with van der Waals surface area (Å²) >= 11 is 0.